The average Bonchev–Trinajstić information content (AvgIpc) is 2.42. The molecule has 1 fully saturated rings. The summed E-state index contributed by atoms with van der Waals surface area (Å²) in [6.45, 7) is 3.65. The molecule has 4 amide bonds. The molecule has 0 saturated carbocycles. The normalized spacial score (nSPS) is 14.7. The van der Waals surface area contributed by atoms with E-state index >= 15 is 0 Å². The number of nitro groups is 1. The zero-order chi connectivity index (χ0) is 16.4. The third-order valence-electron chi connectivity index (χ3n) is 3.13. The van der Waals surface area contributed by atoms with Crippen LogP contribution in [0.4, 0.5) is 10.5 Å². The molecule has 1 aliphatic rings. The highest BCUT2D eigenvalue weighted by Gasteiger charge is 2.28. The minimum absolute atomic E-state index is 0.0407. The predicted molar refractivity (Wildman–Crippen MR) is 76.8 cm³/mol. The molecule has 1 aromatic rings. The predicted octanol–water partition coefficient (Wildman–Crippen LogP) is 1.47. The van der Waals surface area contributed by atoms with E-state index in [1.807, 2.05) is 24.5 Å². The Morgan fingerprint density at radius 1 is 1.14 bits per heavy atom. The van der Waals surface area contributed by atoms with Gasteiger partial charge in [-0.2, -0.15) is 0 Å². The summed E-state index contributed by atoms with van der Waals surface area (Å²) >= 11 is 0. The first-order chi connectivity index (χ1) is 10.3. The number of barbiturate groups is 1. The fourth-order valence-electron chi connectivity index (χ4n) is 2.07. The molecule has 2 rings (SSSR count). The molecule has 1 heterocycles. The molecule has 0 unspecified atom stereocenters. The molecule has 0 atom stereocenters. The number of benzene rings is 1. The maximum atomic E-state index is 11.6. The zero-order valence-electron chi connectivity index (χ0n) is 11.9. The molecule has 0 aromatic heterocycles. The number of nitrogens with zero attached hydrogens (tertiary/aromatic N) is 1. The van der Waals surface area contributed by atoms with Crippen LogP contribution in [0.1, 0.15) is 30.9 Å². The maximum Gasteiger partial charge on any atom is 0.328 e. The number of nitro benzene ring substituents is 1. The number of hydrogen-bond acceptors (Lipinski definition) is 5. The van der Waals surface area contributed by atoms with Crippen LogP contribution in [-0.2, 0) is 9.59 Å². The van der Waals surface area contributed by atoms with Crippen LogP contribution in [0.2, 0.25) is 0 Å². The van der Waals surface area contributed by atoms with Crippen molar-refractivity contribution in [3.05, 3.63) is 45.0 Å². The number of rotatable bonds is 3. The first kappa shape index (κ1) is 15.4. The van der Waals surface area contributed by atoms with Gasteiger partial charge in [-0.15, -0.1) is 0 Å². The lowest BCUT2D eigenvalue weighted by Crippen LogP contribution is -2.51. The van der Waals surface area contributed by atoms with Gasteiger partial charge in [-0.1, -0.05) is 26.0 Å². The van der Waals surface area contributed by atoms with Gasteiger partial charge in [-0.3, -0.25) is 30.3 Å². The minimum atomic E-state index is -0.895. The fourth-order valence-corrected chi connectivity index (χ4v) is 2.07. The molecule has 8 heteroatoms. The molecule has 0 radical (unpaired) electrons. The first-order valence-electron chi connectivity index (χ1n) is 6.46. The van der Waals surface area contributed by atoms with Crippen molar-refractivity contribution in [3.63, 3.8) is 0 Å². The van der Waals surface area contributed by atoms with Gasteiger partial charge in [0.25, 0.3) is 17.5 Å². The summed E-state index contributed by atoms with van der Waals surface area (Å²) in [5.74, 6) is -1.73. The van der Waals surface area contributed by atoms with Crippen LogP contribution >= 0.6 is 0 Å². The topological polar surface area (TPSA) is 118 Å². The van der Waals surface area contributed by atoms with Crippen molar-refractivity contribution < 1.29 is 19.3 Å². The molecule has 8 nitrogen and oxygen atoms in total. The van der Waals surface area contributed by atoms with E-state index in [0.29, 0.717) is 11.1 Å². The summed E-state index contributed by atoms with van der Waals surface area (Å²) in [6.07, 6.45) is 1.20. The number of urea groups is 1. The molecule has 1 saturated heterocycles. The van der Waals surface area contributed by atoms with E-state index in [-0.39, 0.29) is 17.2 Å². The van der Waals surface area contributed by atoms with E-state index in [2.05, 4.69) is 0 Å². The van der Waals surface area contributed by atoms with Crippen LogP contribution in [0.15, 0.2) is 23.8 Å². The molecule has 1 aliphatic heterocycles. The Balaban J connectivity index is 2.45. The van der Waals surface area contributed by atoms with Crippen molar-refractivity contribution in [1.29, 1.82) is 0 Å². The second kappa shape index (κ2) is 5.76. The summed E-state index contributed by atoms with van der Waals surface area (Å²) in [7, 11) is 0. The number of carbonyl (C=O) groups excluding carboxylic acids is 3. The molecular formula is C14H13N3O5. The van der Waals surface area contributed by atoms with Crippen molar-refractivity contribution in [1.82, 2.24) is 10.6 Å². The lowest BCUT2D eigenvalue weighted by molar-refractivity contribution is -0.385. The quantitative estimate of drug-likeness (QED) is 0.379. The van der Waals surface area contributed by atoms with Gasteiger partial charge in [-0.25, -0.2) is 4.79 Å². The monoisotopic (exact) mass is 303 g/mol. The second-order valence-corrected chi connectivity index (χ2v) is 5.03. The van der Waals surface area contributed by atoms with Gasteiger partial charge in [0, 0.05) is 11.6 Å². The van der Waals surface area contributed by atoms with Crippen LogP contribution in [0.25, 0.3) is 6.08 Å². The SMILES string of the molecule is CC(C)c1ccc(C=C2C(=O)NC(=O)NC2=O)cc1[N+](=O)[O-]. The van der Waals surface area contributed by atoms with Crippen molar-refractivity contribution >= 4 is 29.6 Å². The lowest BCUT2D eigenvalue weighted by atomic mass is 9.98. The minimum Gasteiger partial charge on any atom is -0.273 e. The van der Waals surface area contributed by atoms with Crippen LogP contribution in [0.3, 0.4) is 0 Å². The number of carbonyl (C=O) groups is 3. The summed E-state index contributed by atoms with van der Waals surface area (Å²) in [4.78, 5) is 44.8. The molecular weight excluding hydrogens is 290 g/mol. The van der Waals surface area contributed by atoms with E-state index in [0.717, 1.165) is 0 Å². The Morgan fingerprint density at radius 3 is 2.23 bits per heavy atom. The fraction of sp³-hybridized carbons (Fsp3) is 0.214. The van der Waals surface area contributed by atoms with Gasteiger partial charge in [0.2, 0.25) is 0 Å². The maximum absolute atomic E-state index is 11.6. The highest BCUT2D eigenvalue weighted by atomic mass is 16.6. The summed E-state index contributed by atoms with van der Waals surface area (Å²) in [6, 6.07) is 3.55. The van der Waals surface area contributed by atoms with E-state index in [4.69, 9.17) is 0 Å². The van der Waals surface area contributed by atoms with Crippen LogP contribution in [0, 0.1) is 10.1 Å². The first-order valence-corrected chi connectivity index (χ1v) is 6.46. The third-order valence-corrected chi connectivity index (χ3v) is 3.13. The second-order valence-electron chi connectivity index (χ2n) is 5.03. The average molecular weight is 303 g/mol. The Hall–Kier alpha value is -3.03. The van der Waals surface area contributed by atoms with E-state index in [9.17, 15) is 24.5 Å². The van der Waals surface area contributed by atoms with Crippen LogP contribution < -0.4 is 10.6 Å². The Morgan fingerprint density at radius 2 is 1.73 bits per heavy atom. The van der Waals surface area contributed by atoms with E-state index < -0.39 is 22.8 Å². The summed E-state index contributed by atoms with van der Waals surface area (Å²) in [5, 5.41) is 15.0. The van der Waals surface area contributed by atoms with Gasteiger partial charge >= 0.3 is 6.03 Å². The van der Waals surface area contributed by atoms with E-state index in [1.54, 1.807) is 12.1 Å². The Labute approximate surface area is 125 Å². The Kier molecular flexibility index (Phi) is 4.02. The number of imide groups is 2. The van der Waals surface area contributed by atoms with Gasteiger partial charge < -0.3 is 0 Å². The van der Waals surface area contributed by atoms with Crippen molar-refractivity contribution in [2.75, 3.05) is 0 Å². The molecule has 0 bridgehead atoms. The number of nitrogens with one attached hydrogen (secondary N) is 2. The van der Waals surface area contributed by atoms with Crippen molar-refractivity contribution in [3.8, 4) is 0 Å². The van der Waals surface area contributed by atoms with Gasteiger partial charge in [0.1, 0.15) is 5.57 Å². The molecule has 0 aliphatic carbocycles. The number of amides is 4. The van der Waals surface area contributed by atoms with Gasteiger partial charge in [-0.05, 0) is 17.6 Å². The van der Waals surface area contributed by atoms with Crippen LogP contribution in [0.5, 0.6) is 0 Å². The molecule has 2 N–H and O–H groups in total. The highest BCUT2D eigenvalue weighted by molar-refractivity contribution is 6.31. The molecule has 22 heavy (non-hydrogen) atoms. The van der Waals surface area contributed by atoms with E-state index in [1.165, 1.54) is 12.1 Å². The van der Waals surface area contributed by atoms with Gasteiger partial charge in [0.15, 0.2) is 0 Å². The lowest BCUT2D eigenvalue weighted by Gasteiger charge is -2.14. The van der Waals surface area contributed by atoms with Crippen molar-refractivity contribution in [2.24, 2.45) is 0 Å². The largest absolute Gasteiger partial charge is 0.328 e. The van der Waals surface area contributed by atoms with Crippen LogP contribution in [-0.4, -0.2) is 22.8 Å². The third kappa shape index (κ3) is 3.00. The van der Waals surface area contributed by atoms with Gasteiger partial charge in [0.05, 0.1) is 4.92 Å². The zero-order valence-corrected chi connectivity index (χ0v) is 11.9. The highest BCUT2D eigenvalue weighted by Crippen LogP contribution is 2.28. The number of hydrogen-bond donors (Lipinski definition) is 2. The molecule has 0 spiro atoms. The molecule has 1 aromatic carbocycles. The summed E-state index contributed by atoms with van der Waals surface area (Å²) < 4.78 is 0. The van der Waals surface area contributed by atoms with Crippen molar-refractivity contribution in [2.45, 2.75) is 19.8 Å². The smallest absolute Gasteiger partial charge is 0.273 e. The standard InChI is InChI=1S/C14H13N3O5/c1-7(2)9-4-3-8(6-11(9)17(21)22)5-10-12(18)15-14(20)16-13(10)19/h3-7H,1-2H3,(H2,15,16,18,19,20). The Bertz CT molecular complexity index is 699. The summed E-state index contributed by atoms with van der Waals surface area (Å²) in [5.41, 5.74) is 0.508. The molecule has 114 valence electrons.